The Hall–Kier alpha value is -1.90. The minimum Gasteiger partial charge on any atom is -0.478 e. The molecule has 0 spiro atoms. The summed E-state index contributed by atoms with van der Waals surface area (Å²) >= 11 is 0. The van der Waals surface area contributed by atoms with E-state index in [1.54, 1.807) is 24.3 Å². The van der Waals surface area contributed by atoms with Crippen molar-refractivity contribution >= 4 is 17.8 Å². The van der Waals surface area contributed by atoms with Crippen molar-refractivity contribution in [2.24, 2.45) is 0 Å². The van der Waals surface area contributed by atoms with Crippen LogP contribution in [0.5, 0.6) is 0 Å². The van der Waals surface area contributed by atoms with E-state index >= 15 is 0 Å². The van der Waals surface area contributed by atoms with E-state index in [-0.39, 0.29) is 11.3 Å². The topological polar surface area (TPSA) is 54.4 Å². The van der Waals surface area contributed by atoms with Crippen molar-refractivity contribution in [1.82, 2.24) is 0 Å². The van der Waals surface area contributed by atoms with Crippen molar-refractivity contribution in [3.05, 3.63) is 41.5 Å². The van der Waals surface area contributed by atoms with Crippen LogP contribution in [0.1, 0.15) is 42.1 Å². The van der Waals surface area contributed by atoms with Crippen LogP contribution in [0.25, 0.3) is 6.08 Å². The summed E-state index contributed by atoms with van der Waals surface area (Å²) in [7, 11) is 0. The number of benzene rings is 1. The maximum Gasteiger partial charge on any atom is 0.335 e. The van der Waals surface area contributed by atoms with Gasteiger partial charge in [0, 0.05) is 6.42 Å². The van der Waals surface area contributed by atoms with Crippen molar-refractivity contribution < 1.29 is 14.7 Å². The van der Waals surface area contributed by atoms with Gasteiger partial charge in [0.15, 0.2) is 5.78 Å². The predicted molar refractivity (Wildman–Crippen MR) is 67.0 cm³/mol. The Morgan fingerprint density at radius 2 is 1.88 bits per heavy atom. The van der Waals surface area contributed by atoms with Crippen LogP contribution in [0, 0.1) is 0 Å². The summed E-state index contributed by atoms with van der Waals surface area (Å²) in [6.45, 7) is 2.04. The number of allylic oxidation sites excluding steroid dienone is 1. The van der Waals surface area contributed by atoms with Crippen molar-refractivity contribution in [2.45, 2.75) is 26.2 Å². The summed E-state index contributed by atoms with van der Waals surface area (Å²) in [6, 6.07) is 6.43. The summed E-state index contributed by atoms with van der Waals surface area (Å²) < 4.78 is 0. The van der Waals surface area contributed by atoms with Crippen molar-refractivity contribution in [3.63, 3.8) is 0 Å². The van der Waals surface area contributed by atoms with E-state index in [2.05, 4.69) is 0 Å². The summed E-state index contributed by atoms with van der Waals surface area (Å²) in [5.41, 5.74) is 1.08. The number of rotatable bonds is 6. The number of unbranched alkanes of at least 4 members (excludes halogenated alkanes) is 1. The van der Waals surface area contributed by atoms with Crippen LogP contribution in [0.4, 0.5) is 0 Å². The van der Waals surface area contributed by atoms with E-state index in [9.17, 15) is 9.59 Å². The molecular weight excluding hydrogens is 216 g/mol. The van der Waals surface area contributed by atoms with Crippen LogP contribution in [0.2, 0.25) is 0 Å². The van der Waals surface area contributed by atoms with Gasteiger partial charge in [0.05, 0.1) is 5.56 Å². The first-order chi connectivity index (χ1) is 8.13. The SMILES string of the molecule is CCCCC(=O)C=Cc1ccc(C(=O)O)cc1. The monoisotopic (exact) mass is 232 g/mol. The van der Waals surface area contributed by atoms with Gasteiger partial charge in [-0.25, -0.2) is 4.79 Å². The second kappa shape index (κ2) is 6.63. The van der Waals surface area contributed by atoms with E-state index in [1.807, 2.05) is 6.92 Å². The van der Waals surface area contributed by atoms with Crippen LogP contribution in [-0.2, 0) is 4.79 Å². The van der Waals surface area contributed by atoms with Gasteiger partial charge in [-0.2, -0.15) is 0 Å². The molecule has 0 aliphatic carbocycles. The summed E-state index contributed by atoms with van der Waals surface area (Å²) in [5, 5.41) is 8.72. The number of hydrogen-bond acceptors (Lipinski definition) is 2. The number of carboxylic acids is 1. The third kappa shape index (κ3) is 4.64. The van der Waals surface area contributed by atoms with Gasteiger partial charge in [-0.15, -0.1) is 0 Å². The Morgan fingerprint density at radius 3 is 2.41 bits per heavy atom. The molecule has 1 aromatic rings. The van der Waals surface area contributed by atoms with Gasteiger partial charge in [0.1, 0.15) is 0 Å². The van der Waals surface area contributed by atoms with Gasteiger partial charge in [-0.1, -0.05) is 31.6 Å². The number of ketones is 1. The zero-order chi connectivity index (χ0) is 12.7. The molecule has 0 bridgehead atoms. The van der Waals surface area contributed by atoms with Gasteiger partial charge in [0.2, 0.25) is 0 Å². The summed E-state index contributed by atoms with van der Waals surface area (Å²) in [6.07, 6.45) is 5.74. The first-order valence-electron chi connectivity index (χ1n) is 5.67. The second-order valence-corrected chi connectivity index (χ2v) is 3.83. The van der Waals surface area contributed by atoms with E-state index in [0.717, 1.165) is 18.4 Å². The van der Waals surface area contributed by atoms with E-state index in [4.69, 9.17) is 5.11 Å². The lowest BCUT2D eigenvalue weighted by molar-refractivity contribution is -0.114. The Kier molecular flexibility index (Phi) is 5.14. The molecule has 90 valence electrons. The molecule has 0 unspecified atom stereocenters. The molecule has 0 aliphatic heterocycles. The Labute approximate surface area is 101 Å². The molecule has 1 rings (SSSR count). The maximum absolute atomic E-state index is 11.4. The van der Waals surface area contributed by atoms with Crippen molar-refractivity contribution in [2.75, 3.05) is 0 Å². The molecule has 3 nitrogen and oxygen atoms in total. The fourth-order valence-electron chi connectivity index (χ4n) is 1.36. The van der Waals surface area contributed by atoms with Crippen LogP contribution in [-0.4, -0.2) is 16.9 Å². The Balaban J connectivity index is 2.59. The molecule has 0 atom stereocenters. The Morgan fingerprint density at radius 1 is 1.24 bits per heavy atom. The fourth-order valence-corrected chi connectivity index (χ4v) is 1.36. The highest BCUT2D eigenvalue weighted by Gasteiger charge is 2.00. The third-order valence-electron chi connectivity index (χ3n) is 2.40. The van der Waals surface area contributed by atoms with E-state index in [0.29, 0.717) is 6.42 Å². The highest BCUT2D eigenvalue weighted by atomic mass is 16.4. The molecule has 17 heavy (non-hydrogen) atoms. The first-order valence-corrected chi connectivity index (χ1v) is 5.67. The molecule has 0 radical (unpaired) electrons. The van der Waals surface area contributed by atoms with Gasteiger partial charge >= 0.3 is 5.97 Å². The third-order valence-corrected chi connectivity index (χ3v) is 2.40. The maximum atomic E-state index is 11.4. The van der Waals surface area contributed by atoms with Gasteiger partial charge in [-0.3, -0.25) is 4.79 Å². The fraction of sp³-hybridized carbons (Fsp3) is 0.286. The molecule has 0 fully saturated rings. The van der Waals surface area contributed by atoms with Gasteiger partial charge in [0.25, 0.3) is 0 Å². The van der Waals surface area contributed by atoms with Crippen LogP contribution < -0.4 is 0 Å². The lowest BCUT2D eigenvalue weighted by atomic mass is 10.1. The van der Waals surface area contributed by atoms with Crippen LogP contribution in [0.15, 0.2) is 30.3 Å². The zero-order valence-corrected chi connectivity index (χ0v) is 9.85. The number of aromatic carboxylic acids is 1. The predicted octanol–water partition coefficient (Wildman–Crippen LogP) is 3.16. The van der Waals surface area contributed by atoms with Gasteiger partial charge < -0.3 is 5.11 Å². The largest absolute Gasteiger partial charge is 0.478 e. The molecule has 3 heteroatoms. The molecule has 1 N–H and O–H groups in total. The lowest BCUT2D eigenvalue weighted by Gasteiger charge is -1.96. The normalized spacial score (nSPS) is 10.6. The minimum absolute atomic E-state index is 0.106. The summed E-state index contributed by atoms with van der Waals surface area (Å²) in [4.78, 5) is 22.0. The molecule has 0 saturated carbocycles. The molecule has 0 aliphatic rings. The highest BCUT2D eigenvalue weighted by Crippen LogP contribution is 2.07. The smallest absolute Gasteiger partial charge is 0.335 e. The number of hydrogen-bond donors (Lipinski definition) is 1. The van der Waals surface area contributed by atoms with Gasteiger partial charge in [-0.05, 0) is 30.2 Å². The number of carboxylic acid groups (broad SMARTS) is 1. The molecule has 0 amide bonds. The molecule has 0 aromatic heterocycles. The average Bonchev–Trinajstić information content (AvgIpc) is 2.34. The van der Waals surface area contributed by atoms with E-state index in [1.165, 1.54) is 12.1 Å². The van der Waals surface area contributed by atoms with E-state index < -0.39 is 5.97 Å². The highest BCUT2D eigenvalue weighted by molar-refractivity contribution is 5.93. The number of carbonyl (C=O) groups excluding carboxylic acids is 1. The van der Waals surface area contributed by atoms with Crippen LogP contribution >= 0.6 is 0 Å². The van der Waals surface area contributed by atoms with Crippen LogP contribution in [0.3, 0.4) is 0 Å². The first kappa shape index (κ1) is 13.2. The zero-order valence-electron chi connectivity index (χ0n) is 9.85. The quantitative estimate of drug-likeness (QED) is 0.766. The van der Waals surface area contributed by atoms with Crippen molar-refractivity contribution in [1.29, 1.82) is 0 Å². The summed E-state index contributed by atoms with van der Waals surface area (Å²) in [5.74, 6) is -0.839. The lowest BCUT2D eigenvalue weighted by Crippen LogP contribution is -1.95. The molecule has 1 aromatic carbocycles. The number of carbonyl (C=O) groups is 2. The average molecular weight is 232 g/mol. The Bertz CT molecular complexity index is 416. The standard InChI is InChI=1S/C14H16O3/c1-2-3-4-13(15)10-7-11-5-8-12(9-6-11)14(16)17/h5-10H,2-4H2,1H3,(H,16,17). The van der Waals surface area contributed by atoms with Crippen molar-refractivity contribution in [3.8, 4) is 0 Å². The molecule has 0 saturated heterocycles. The molecule has 0 heterocycles. The molecular formula is C14H16O3. The second-order valence-electron chi connectivity index (χ2n) is 3.83. The minimum atomic E-state index is -0.945.